The van der Waals surface area contributed by atoms with Gasteiger partial charge in [-0.25, -0.2) is 5.01 Å². The first-order chi connectivity index (χ1) is 8.42. The van der Waals surface area contributed by atoms with Crippen molar-refractivity contribution in [2.45, 2.75) is 44.6 Å². The summed E-state index contributed by atoms with van der Waals surface area (Å²) >= 11 is 0. The van der Waals surface area contributed by atoms with Gasteiger partial charge >= 0.3 is 0 Å². The summed E-state index contributed by atoms with van der Waals surface area (Å²) in [5.41, 5.74) is 6.53. The Balaban J connectivity index is 1.54. The molecule has 2 fully saturated rings. The van der Waals surface area contributed by atoms with Crippen molar-refractivity contribution in [3.8, 4) is 0 Å². The molecule has 3 rings (SSSR count). The van der Waals surface area contributed by atoms with Gasteiger partial charge in [-0.3, -0.25) is 5.43 Å². The predicted molar refractivity (Wildman–Crippen MR) is 70.7 cm³/mol. The SMILES string of the molecule is c1cc(CNN2CCCCC2)cc(C2CC2)c1. The fraction of sp³-hybridized carbons (Fsp3) is 0.600. The molecule has 17 heavy (non-hydrogen) atoms. The van der Waals surface area contributed by atoms with Crippen molar-refractivity contribution in [3.05, 3.63) is 35.4 Å². The number of nitrogens with zero attached hydrogens (tertiary/aromatic N) is 1. The minimum atomic E-state index is 0.866. The van der Waals surface area contributed by atoms with Gasteiger partial charge in [0, 0.05) is 19.6 Å². The van der Waals surface area contributed by atoms with Gasteiger partial charge in [0.2, 0.25) is 0 Å². The quantitative estimate of drug-likeness (QED) is 0.855. The number of hydrazine groups is 1. The van der Waals surface area contributed by atoms with E-state index in [9.17, 15) is 0 Å². The van der Waals surface area contributed by atoms with Crippen LogP contribution in [0.15, 0.2) is 24.3 Å². The van der Waals surface area contributed by atoms with Crippen LogP contribution in [-0.4, -0.2) is 18.1 Å². The van der Waals surface area contributed by atoms with Crippen molar-refractivity contribution in [3.63, 3.8) is 0 Å². The fourth-order valence-corrected chi connectivity index (χ4v) is 2.63. The Hall–Kier alpha value is -0.860. The van der Waals surface area contributed by atoms with Crippen LogP contribution in [0, 0.1) is 0 Å². The Morgan fingerprint density at radius 1 is 1.12 bits per heavy atom. The first-order valence-corrected chi connectivity index (χ1v) is 6.99. The third kappa shape index (κ3) is 3.08. The number of benzene rings is 1. The third-order valence-corrected chi connectivity index (χ3v) is 3.86. The zero-order valence-corrected chi connectivity index (χ0v) is 10.5. The Morgan fingerprint density at radius 3 is 2.71 bits per heavy atom. The Morgan fingerprint density at radius 2 is 1.94 bits per heavy atom. The molecule has 0 radical (unpaired) electrons. The second-order valence-corrected chi connectivity index (χ2v) is 5.40. The van der Waals surface area contributed by atoms with Crippen molar-refractivity contribution in [1.82, 2.24) is 10.4 Å². The van der Waals surface area contributed by atoms with Gasteiger partial charge in [0.1, 0.15) is 0 Å². The zero-order chi connectivity index (χ0) is 11.5. The Kier molecular flexibility index (Phi) is 3.44. The molecule has 1 heterocycles. The molecule has 0 atom stereocenters. The van der Waals surface area contributed by atoms with Crippen LogP contribution in [0.3, 0.4) is 0 Å². The molecule has 1 aliphatic heterocycles. The highest BCUT2D eigenvalue weighted by Gasteiger charge is 2.23. The molecular weight excluding hydrogens is 208 g/mol. The van der Waals surface area contributed by atoms with Gasteiger partial charge in [0.25, 0.3) is 0 Å². The van der Waals surface area contributed by atoms with E-state index in [1.165, 1.54) is 50.8 Å². The molecule has 1 saturated carbocycles. The summed E-state index contributed by atoms with van der Waals surface area (Å²) < 4.78 is 0. The van der Waals surface area contributed by atoms with E-state index in [0.29, 0.717) is 0 Å². The maximum atomic E-state index is 3.56. The lowest BCUT2D eigenvalue weighted by molar-refractivity contribution is 0.151. The molecule has 1 N–H and O–H groups in total. The molecule has 1 saturated heterocycles. The van der Waals surface area contributed by atoms with E-state index < -0.39 is 0 Å². The van der Waals surface area contributed by atoms with Crippen molar-refractivity contribution in [2.75, 3.05) is 13.1 Å². The summed E-state index contributed by atoms with van der Waals surface area (Å²) in [6, 6.07) is 9.11. The first kappa shape index (κ1) is 11.2. The molecule has 1 aromatic carbocycles. The van der Waals surface area contributed by atoms with Crippen molar-refractivity contribution < 1.29 is 0 Å². The lowest BCUT2D eigenvalue weighted by Crippen LogP contribution is -2.41. The highest BCUT2D eigenvalue weighted by Crippen LogP contribution is 2.40. The zero-order valence-electron chi connectivity index (χ0n) is 10.5. The molecule has 2 aliphatic rings. The summed E-state index contributed by atoms with van der Waals surface area (Å²) in [5.74, 6) is 0.866. The topological polar surface area (TPSA) is 15.3 Å². The second-order valence-electron chi connectivity index (χ2n) is 5.40. The highest BCUT2D eigenvalue weighted by atomic mass is 15.5. The summed E-state index contributed by atoms with van der Waals surface area (Å²) in [5, 5.41) is 2.38. The Labute approximate surface area is 104 Å². The smallest absolute Gasteiger partial charge is 0.0353 e. The molecule has 2 heteroatoms. The van der Waals surface area contributed by atoms with E-state index in [1.54, 1.807) is 5.56 Å². The normalized spacial score (nSPS) is 21.6. The molecule has 2 nitrogen and oxygen atoms in total. The third-order valence-electron chi connectivity index (χ3n) is 3.86. The molecule has 0 spiro atoms. The van der Waals surface area contributed by atoms with Crippen molar-refractivity contribution in [1.29, 1.82) is 0 Å². The van der Waals surface area contributed by atoms with Gasteiger partial charge in [-0.05, 0) is 42.7 Å². The van der Waals surface area contributed by atoms with Gasteiger partial charge in [-0.1, -0.05) is 30.7 Å². The maximum absolute atomic E-state index is 3.56. The molecule has 0 amide bonds. The number of rotatable bonds is 4. The van der Waals surface area contributed by atoms with E-state index >= 15 is 0 Å². The predicted octanol–water partition coefficient (Wildman–Crippen LogP) is 3.05. The van der Waals surface area contributed by atoms with E-state index in [2.05, 4.69) is 34.7 Å². The van der Waals surface area contributed by atoms with Crippen LogP contribution in [0.5, 0.6) is 0 Å². The van der Waals surface area contributed by atoms with Gasteiger partial charge < -0.3 is 0 Å². The minimum absolute atomic E-state index is 0.866. The lowest BCUT2D eigenvalue weighted by atomic mass is 10.1. The number of hydrogen-bond acceptors (Lipinski definition) is 2. The van der Waals surface area contributed by atoms with E-state index in [-0.39, 0.29) is 0 Å². The average molecular weight is 230 g/mol. The van der Waals surface area contributed by atoms with E-state index in [4.69, 9.17) is 0 Å². The Bertz CT molecular complexity index is 365. The summed E-state index contributed by atoms with van der Waals surface area (Å²) in [6.45, 7) is 3.41. The summed E-state index contributed by atoms with van der Waals surface area (Å²) in [7, 11) is 0. The van der Waals surface area contributed by atoms with Crippen molar-refractivity contribution in [2.24, 2.45) is 0 Å². The average Bonchev–Trinajstić information content (AvgIpc) is 3.22. The minimum Gasteiger partial charge on any atom is -0.251 e. The maximum Gasteiger partial charge on any atom is 0.0353 e. The highest BCUT2D eigenvalue weighted by molar-refractivity contribution is 5.28. The van der Waals surface area contributed by atoms with E-state index in [1.807, 2.05) is 0 Å². The monoisotopic (exact) mass is 230 g/mol. The van der Waals surface area contributed by atoms with Crippen LogP contribution in [0.2, 0.25) is 0 Å². The van der Waals surface area contributed by atoms with Crippen LogP contribution >= 0.6 is 0 Å². The van der Waals surface area contributed by atoms with E-state index in [0.717, 1.165) is 12.5 Å². The summed E-state index contributed by atoms with van der Waals surface area (Å²) in [4.78, 5) is 0. The molecule has 92 valence electrons. The molecular formula is C15H22N2. The summed E-state index contributed by atoms with van der Waals surface area (Å²) in [6.07, 6.45) is 6.87. The van der Waals surface area contributed by atoms with Gasteiger partial charge in [-0.15, -0.1) is 0 Å². The van der Waals surface area contributed by atoms with Gasteiger partial charge in [0.05, 0.1) is 0 Å². The number of piperidine rings is 1. The number of nitrogens with one attached hydrogen (secondary N) is 1. The molecule has 0 bridgehead atoms. The molecule has 1 aliphatic carbocycles. The molecule has 0 unspecified atom stereocenters. The van der Waals surface area contributed by atoms with Crippen LogP contribution < -0.4 is 5.43 Å². The number of hydrogen-bond donors (Lipinski definition) is 1. The van der Waals surface area contributed by atoms with Crippen LogP contribution in [0.25, 0.3) is 0 Å². The lowest BCUT2D eigenvalue weighted by Gasteiger charge is -2.27. The van der Waals surface area contributed by atoms with Crippen LogP contribution in [0.4, 0.5) is 0 Å². The van der Waals surface area contributed by atoms with Crippen LogP contribution in [0.1, 0.15) is 49.1 Å². The fourth-order valence-electron chi connectivity index (χ4n) is 2.63. The standard InChI is InChI=1S/C15H22N2/c1-2-9-17(10-3-1)16-12-13-5-4-6-15(11-13)14-7-8-14/h4-6,11,14,16H,1-3,7-10,12H2. The van der Waals surface area contributed by atoms with Crippen LogP contribution in [-0.2, 0) is 6.54 Å². The molecule has 0 aromatic heterocycles. The largest absolute Gasteiger partial charge is 0.251 e. The van der Waals surface area contributed by atoms with Gasteiger partial charge in [-0.2, -0.15) is 0 Å². The van der Waals surface area contributed by atoms with Crippen molar-refractivity contribution >= 4 is 0 Å². The second kappa shape index (κ2) is 5.19. The molecule has 1 aromatic rings. The van der Waals surface area contributed by atoms with Gasteiger partial charge in [0.15, 0.2) is 0 Å². The first-order valence-electron chi connectivity index (χ1n) is 6.99.